The zero-order valence-corrected chi connectivity index (χ0v) is 19.1. The number of hydrogen-bond acceptors (Lipinski definition) is 3. The summed E-state index contributed by atoms with van der Waals surface area (Å²) in [6.07, 6.45) is 9.08. The normalized spacial score (nSPS) is 12.5. The molecule has 0 saturated carbocycles. The second-order valence-electron chi connectivity index (χ2n) is 7.72. The first kappa shape index (κ1) is 22.6. The number of halogens is 1. The summed E-state index contributed by atoms with van der Waals surface area (Å²) in [7, 11) is 0. The van der Waals surface area contributed by atoms with Gasteiger partial charge in [-0.15, -0.1) is 0 Å². The molecule has 0 aliphatic heterocycles. The van der Waals surface area contributed by atoms with Crippen molar-refractivity contribution in [3.63, 3.8) is 0 Å². The van der Waals surface area contributed by atoms with Crippen molar-refractivity contribution in [1.29, 1.82) is 0 Å². The number of ether oxygens (including phenoxy) is 1. The number of rotatable bonds is 8. The van der Waals surface area contributed by atoms with E-state index < -0.39 is 0 Å². The minimum Gasteiger partial charge on any atom is -0.489 e. The number of aromatic nitrogens is 3. The number of hydrogen-bond donors (Lipinski definition) is 0. The van der Waals surface area contributed by atoms with E-state index >= 15 is 0 Å². The van der Waals surface area contributed by atoms with Gasteiger partial charge in [-0.2, -0.15) is 4.99 Å². The van der Waals surface area contributed by atoms with Gasteiger partial charge in [-0.25, -0.2) is 4.98 Å². The third-order valence-electron chi connectivity index (χ3n) is 5.17. The summed E-state index contributed by atoms with van der Waals surface area (Å²) in [5, 5.41) is 0.737. The molecule has 2 aromatic heterocycles. The first-order valence-electron chi connectivity index (χ1n) is 10.8. The Hall–Kier alpha value is -3.64. The Morgan fingerprint density at radius 2 is 1.85 bits per heavy atom. The Balaban J connectivity index is 1.50. The minimum absolute atomic E-state index is 0.0339. The quantitative estimate of drug-likeness (QED) is 0.377. The summed E-state index contributed by atoms with van der Waals surface area (Å²) >= 11 is 6.01. The molecule has 6 nitrogen and oxygen atoms in total. The molecule has 168 valence electrons. The molecule has 2 aromatic carbocycles. The number of imidazole rings is 1. The highest BCUT2D eigenvalue weighted by molar-refractivity contribution is 6.30. The Bertz CT molecular complexity index is 1250. The maximum absolute atomic E-state index is 11.5. The van der Waals surface area contributed by atoms with Gasteiger partial charge < -0.3 is 13.9 Å². The molecule has 0 bridgehead atoms. The smallest absolute Gasteiger partial charge is 0.244 e. The van der Waals surface area contributed by atoms with Gasteiger partial charge in [0, 0.05) is 36.2 Å². The average Bonchev–Trinajstić information content (AvgIpc) is 3.32. The van der Waals surface area contributed by atoms with Gasteiger partial charge in [-0.1, -0.05) is 29.8 Å². The largest absolute Gasteiger partial charge is 0.489 e. The fraction of sp³-hybridized carbons (Fsp3) is 0.192. The van der Waals surface area contributed by atoms with Crippen LogP contribution in [0.2, 0.25) is 5.02 Å². The predicted octanol–water partition coefficient (Wildman–Crippen LogP) is 4.85. The molecule has 1 amide bonds. The molecular formula is C26H25ClN4O2. The number of pyridine rings is 1. The number of nitrogens with zero attached hydrogens (tertiary/aromatic N) is 4. The van der Waals surface area contributed by atoms with Crippen LogP contribution in [0.15, 0.2) is 96.6 Å². The summed E-state index contributed by atoms with van der Waals surface area (Å²) in [6, 6.07) is 21.3. The average molecular weight is 461 g/mol. The van der Waals surface area contributed by atoms with Crippen LogP contribution in [0.5, 0.6) is 5.75 Å². The van der Waals surface area contributed by atoms with Gasteiger partial charge in [0.15, 0.2) is 0 Å². The summed E-state index contributed by atoms with van der Waals surface area (Å²) in [6.45, 7) is 2.14. The molecule has 0 spiro atoms. The molecule has 1 atom stereocenters. The van der Waals surface area contributed by atoms with Gasteiger partial charge >= 0.3 is 0 Å². The van der Waals surface area contributed by atoms with Gasteiger partial charge in [0.1, 0.15) is 17.3 Å². The van der Waals surface area contributed by atoms with E-state index in [0.717, 1.165) is 29.3 Å². The summed E-state index contributed by atoms with van der Waals surface area (Å²) in [4.78, 5) is 19.7. The summed E-state index contributed by atoms with van der Waals surface area (Å²) < 4.78 is 10.3. The van der Waals surface area contributed by atoms with E-state index in [9.17, 15) is 4.79 Å². The Morgan fingerprint density at radius 3 is 2.55 bits per heavy atom. The lowest BCUT2D eigenvalue weighted by Crippen LogP contribution is -2.23. The fourth-order valence-electron chi connectivity index (χ4n) is 3.58. The highest BCUT2D eigenvalue weighted by atomic mass is 35.5. The molecule has 0 radical (unpaired) electrons. The minimum atomic E-state index is -0.238. The number of aryl methyl sites for hydroxylation is 1. The zero-order valence-electron chi connectivity index (χ0n) is 18.3. The number of benzene rings is 2. The van der Waals surface area contributed by atoms with Crippen molar-refractivity contribution >= 4 is 17.5 Å². The third-order valence-corrected chi connectivity index (χ3v) is 5.42. The van der Waals surface area contributed by atoms with E-state index in [1.54, 1.807) is 12.5 Å². The van der Waals surface area contributed by atoms with Crippen LogP contribution in [0, 0.1) is 0 Å². The molecular weight excluding hydrogens is 436 g/mol. The van der Waals surface area contributed by atoms with Crippen molar-refractivity contribution in [1.82, 2.24) is 14.1 Å². The van der Waals surface area contributed by atoms with E-state index in [1.807, 2.05) is 88.3 Å². The highest BCUT2D eigenvalue weighted by Gasteiger charge is 2.13. The lowest BCUT2D eigenvalue weighted by Gasteiger charge is -2.20. The molecule has 0 N–H and O–H groups in total. The van der Waals surface area contributed by atoms with Crippen LogP contribution in [-0.4, -0.2) is 26.1 Å². The van der Waals surface area contributed by atoms with E-state index in [-0.39, 0.29) is 12.0 Å². The molecule has 0 aliphatic carbocycles. The molecule has 7 heteroatoms. The SMILES string of the molecule is CC(=O)N=c1ccccn1-c1ccc(OC(CCc2ccc(Cl)cc2)Cn2ccnc2)cc1. The highest BCUT2D eigenvalue weighted by Crippen LogP contribution is 2.19. The van der Waals surface area contributed by atoms with Crippen molar-refractivity contribution in [3.05, 3.63) is 108 Å². The first-order chi connectivity index (χ1) is 16.1. The van der Waals surface area contributed by atoms with Crippen LogP contribution in [0.25, 0.3) is 5.69 Å². The number of carbonyl (C=O) groups excluding carboxylic acids is 1. The topological polar surface area (TPSA) is 61.4 Å². The second-order valence-corrected chi connectivity index (χ2v) is 8.15. The molecule has 0 saturated heterocycles. The molecule has 4 aromatic rings. The standard InChI is InChI=1S/C26H25ClN4O2/c1-20(32)29-26-4-2-3-16-31(26)23-10-13-24(14-11-23)33-25(18-30-17-15-28-19-30)12-7-21-5-8-22(27)9-6-21/h2-6,8-11,13-17,19,25H,7,12,18H2,1H3. The van der Waals surface area contributed by atoms with Crippen molar-refractivity contribution in [3.8, 4) is 11.4 Å². The van der Waals surface area contributed by atoms with Crippen molar-refractivity contribution in [2.45, 2.75) is 32.4 Å². The van der Waals surface area contributed by atoms with Crippen molar-refractivity contribution in [2.24, 2.45) is 4.99 Å². The van der Waals surface area contributed by atoms with Gasteiger partial charge in [0.05, 0.1) is 12.9 Å². The van der Waals surface area contributed by atoms with E-state index in [2.05, 4.69) is 9.98 Å². The lowest BCUT2D eigenvalue weighted by molar-refractivity contribution is -0.116. The predicted molar refractivity (Wildman–Crippen MR) is 128 cm³/mol. The zero-order chi connectivity index (χ0) is 23.0. The van der Waals surface area contributed by atoms with Crippen molar-refractivity contribution in [2.75, 3.05) is 0 Å². The van der Waals surface area contributed by atoms with Crippen LogP contribution in [0.3, 0.4) is 0 Å². The molecule has 33 heavy (non-hydrogen) atoms. The molecule has 0 fully saturated rings. The Morgan fingerprint density at radius 1 is 1.06 bits per heavy atom. The van der Waals surface area contributed by atoms with E-state index in [0.29, 0.717) is 12.0 Å². The molecule has 2 heterocycles. The van der Waals surface area contributed by atoms with E-state index in [1.165, 1.54) is 12.5 Å². The second kappa shape index (κ2) is 10.8. The summed E-state index contributed by atoms with van der Waals surface area (Å²) in [5.74, 6) is 0.541. The number of carbonyl (C=O) groups is 1. The molecule has 1 unspecified atom stereocenters. The maximum atomic E-state index is 11.5. The Kier molecular flexibility index (Phi) is 7.37. The van der Waals surface area contributed by atoms with Crippen LogP contribution < -0.4 is 10.2 Å². The Labute approximate surface area is 197 Å². The monoisotopic (exact) mass is 460 g/mol. The number of amides is 1. The van der Waals surface area contributed by atoms with Crippen LogP contribution in [-0.2, 0) is 17.8 Å². The van der Waals surface area contributed by atoms with Gasteiger partial charge in [0.2, 0.25) is 5.91 Å². The van der Waals surface area contributed by atoms with E-state index in [4.69, 9.17) is 16.3 Å². The van der Waals surface area contributed by atoms with Crippen LogP contribution >= 0.6 is 11.6 Å². The first-order valence-corrected chi connectivity index (χ1v) is 11.1. The summed E-state index contributed by atoms with van der Waals surface area (Å²) in [5.41, 5.74) is 2.70. The fourth-order valence-corrected chi connectivity index (χ4v) is 3.70. The van der Waals surface area contributed by atoms with Crippen molar-refractivity contribution < 1.29 is 9.53 Å². The van der Waals surface area contributed by atoms with Gasteiger partial charge in [0.25, 0.3) is 0 Å². The molecule has 0 aliphatic rings. The van der Waals surface area contributed by atoms with Crippen LogP contribution in [0.4, 0.5) is 0 Å². The third kappa shape index (κ3) is 6.43. The maximum Gasteiger partial charge on any atom is 0.244 e. The van der Waals surface area contributed by atoms with Gasteiger partial charge in [-0.3, -0.25) is 4.79 Å². The lowest BCUT2D eigenvalue weighted by atomic mass is 10.1. The van der Waals surface area contributed by atoms with Gasteiger partial charge in [-0.05, 0) is 66.9 Å². The van der Waals surface area contributed by atoms with Crippen LogP contribution in [0.1, 0.15) is 18.9 Å². The molecule has 4 rings (SSSR count).